The standard InChI is InChI=1S/C14H18N4O/c1-18-10-8-12(17-18)7-9-16-14(19)13(15)11-5-3-2-4-6-11/h2-6,8,10,13H,7,9,15H2,1H3,(H,16,19). The Labute approximate surface area is 112 Å². The van der Waals surface area contributed by atoms with Gasteiger partial charge in [-0.25, -0.2) is 0 Å². The monoisotopic (exact) mass is 258 g/mol. The number of nitrogens with zero attached hydrogens (tertiary/aromatic N) is 2. The summed E-state index contributed by atoms with van der Waals surface area (Å²) >= 11 is 0. The summed E-state index contributed by atoms with van der Waals surface area (Å²) in [5.41, 5.74) is 7.66. The van der Waals surface area contributed by atoms with E-state index in [0.717, 1.165) is 11.3 Å². The summed E-state index contributed by atoms with van der Waals surface area (Å²) in [6.45, 7) is 0.538. The van der Waals surface area contributed by atoms with E-state index in [0.29, 0.717) is 13.0 Å². The Kier molecular flexibility index (Phi) is 4.30. The van der Waals surface area contributed by atoms with E-state index >= 15 is 0 Å². The molecule has 1 amide bonds. The lowest BCUT2D eigenvalue weighted by Crippen LogP contribution is -2.35. The molecule has 2 aromatic rings. The van der Waals surface area contributed by atoms with E-state index < -0.39 is 6.04 Å². The Morgan fingerprint density at radius 3 is 2.74 bits per heavy atom. The van der Waals surface area contributed by atoms with Crippen LogP contribution in [-0.4, -0.2) is 22.2 Å². The van der Waals surface area contributed by atoms with Gasteiger partial charge in [0.05, 0.1) is 5.69 Å². The number of hydrogen-bond acceptors (Lipinski definition) is 3. The number of carbonyl (C=O) groups excluding carboxylic acids is 1. The molecule has 1 aromatic carbocycles. The molecule has 5 nitrogen and oxygen atoms in total. The van der Waals surface area contributed by atoms with Crippen molar-refractivity contribution in [3.8, 4) is 0 Å². The highest BCUT2D eigenvalue weighted by atomic mass is 16.2. The minimum atomic E-state index is -0.620. The second-order valence-electron chi connectivity index (χ2n) is 4.41. The number of aryl methyl sites for hydroxylation is 1. The molecule has 3 N–H and O–H groups in total. The predicted molar refractivity (Wildman–Crippen MR) is 73.3 cm³/mol. The van der Waals surface area contributed by atoms with Crippen LogP contribution < -0.4 is 11.1 Å². The zero-order valence-electron chi connectivity index (χ0n) is 10.9. The lowest BCUT2D eigenvalue weighted by Gasteiger charge is -2.12. The molecule has 0 aliphatic rings. The SMILES string of the molecule is Cn1ccc(CCNC(=O)C(N)c2ccccc2)n1. The van der Waals surface area contributed by atoms with Crippen molar-refractivity contribution in [2.75, 3.05) is 6.54 Å². The third-order valence-corrected chi connectivity index (χ3v) is 2.89. The number of carbonyl (C=O) groups is 1. The van der Waals surface area contributed by atoms with Gasteiger partial charge in [-0.2, -0.15) is 5.10 Å². The molecule has 0 saturated heterocycles. The Morgan fingerprint density at radius 2 is 2.11 bits per heavy atom. The van der Waals surface area contributed by atoms with Crippen LogP contribution >= 0.6 is 0 Å². The van der Waals surface area contributed by atoms with Crippen LogP contribution in [0.3, 0.4) is 0 Å². The van der Waals surface area contributed by atoms with E-state index in [1.165, 1.54) is 0 Å². The molecule has 0 spiro atoms. The van der Waals surface area contributed by atoms with Crippen molar-refractivity contribution in [3.05, 3.63) is 53.9 Å². The number of nitrogens with one attached hydrogen (secondary N) is 1. The summed E-state index contributed by atoms with van der Waals surface area (Å²) in [5, 5.41) is 7.07. The minimum Gasteiger partial charge on any atom is -0.354 e. The van der Waals surface area contributed by atoms with Crippen molar-refractivity contribution in [1.82, 2.24) is 15.1 Å². The highest BCUT2D eigenvalue weighted by molar-refractivity contribution is 5.82. The predicted octanol–water partition coefficient (Wildman–Crippen LogP) is 0.779. The van der Waals surface area contributed by atoms with Gasteiger partial charge in [-0.15, -0.1) is 0 Å². The van der Waals surface area contributed by atoms with Gasteiger partial charge in [0.25, 0.3) is 0 Å². The number of aromatic nitrogens is 2. The van der Waals surface area contributed by atoms with Crippen LogP contribution in [0, 0.1) is 0 Å². The van der Waals surface area contributed by atoms with E-state index in [2.05, 4.69) is 10.4 Å². The molecule has 0 radical (unpaired) electrons. The zero-order valence-corrected chi connectivity index (χ0v) is 10.9. The Hall–Kier alpha value is -2.14. The lowest BCUT2D eigenvalue weighted by atomic mass is 10.1. The van der Waals surface area contributed by atoms with Crippen molar-refractivity contribution in [1.29, 1.82) is 0 Å². The fourth-order valence-electron chi connectivity index (χ4n) is 1.83. The third kappa shape index (κ3) is 3.66. The average Bonchev–Trinajstić information content (AvgIpc) is 2.84. The van der Waals surface area contributed by atoms with Gasteiger partial charge < -0.3 is 11.1 Å². The van der Waals surface area contributed by atoms with Gasteiger partial charge in [0.1, 0.15) is 6.04 Å². The van der Waals surface area contributed by atoms with E-state index in [1.54, 1.807) is 4.68 Å². The van der Waals surface area contributed by atoms with Gasteiger partial charge in [0.15, 0.2) is 0 Å². The second kappa shape index (κ2) is 6.15. The van der Waals surface area contributed by atoms with Crippen LogP contribution in [0.25, 0.3) is 0 Å². The molecule has 0 saturated carbocycles. The number of hydrogen-bond donors (Lipinski definition) is 2. The Bertz CT molecular complexity index is 535. The first-order valence-electron chi connectivity index (χ1n) is 6.23. The molecule has 100 valence electrons. The fourth-order valence-corrected chi connectivity index (χ4v) is 1.83. The number of nitrogens with two attached hydrogens (primary N) is 1. The summed E-state index contributed by atoms with van der Waals surface area (Å²) in [5.74, 6) is -0.165. The van der Waals surface area contributed by atoms with Crippen molar-refractivity contribution < 1.29 is 4.79 Å². The van der Waals surface area contributed by atoms with Gasteiger partial charge in [-0.05, 0) is 11.6 Å². The molecule has 0 aliphatic carbocycles. The molecule has 1 unspecified atom stereocenters. The summed E-state index contributed by atoms with van der Waals surface area (Å²) in [6.07, 6.45) is 2.58. The van der Waals surface area contributed by atoms with Gasteiger partial charge in [0.2, 0.25) is 5.91 Å². The summed E-state index contributed by atoms with van der Waals surface area (Å²) in [7, 11) is 1.87. The molecular formula is C14H18N4O. The van der Waals surface area contributed by atoms with Crippen molar-refractivity contribution in [2.45, 2.75) is 12.5 Å². The number of amides is 1. The van der Waals surface area contributed by atoms with Crippen LogP contribution in [-0.2, 0) is 18.3 Å². The minimum absolute atomic E-state index is 0.165. The highest BCUT2D eigenvalue weighted by Crippen LogP contribution is 2.09. The molecule has 1 heterocycles. The number of benzene rings is 1. The largest absolute Gasteiger partial charge is 0.354 e. The summed E-state index contributed by atoms with van der Waals surface area (Å²) in [6, 6.07) is 10.7. The first-order valence-corrected chi connectivity index (χ1v) is 6.23. The third-order valence-electron chi connectivity index (χ3n) is 2.89. The average molecular weight is 258 g/mol. The zero-order chi connectivity index (χ0) is 13.7. The fraction of sp³-hybridized carbons (Fsp3) is 0.286. The Morgan fingerprint density at radius 1 is 1.37 bits per heavy atom. The normalized spacial score (nSPS) is 12.1. The highest BCUT2D eigenvalue weighted by Gasteiger charge is 2.14. The van der Waals surface area contributed by atoms with Crippen LogP contribution in [0.2, 0.25) is 0 Å². The van der Waals surface area contributed by atoms with Crippen molar-refractivity contribution >= 4 is 5.91 Å². The number of rotatable bonds is 5. The molecular weight excluding hydrogens is 240 g/mol. The summed E-state index contributed by atoms with van der Waals surface area (Å²) < 4.78 is 1.74. The molecule has 0 fully saturated rings. The first-order chi connectivity index (χ1) is 9.16. The topological polar surface area (TPSA) is 72.9 Å². The molecule has 0 bridgehead atoms. The molecule has 0 aliphatic heterocycles. The van der Waals surface area contributed by atoms with E-state index in [9.17, 15) is 4.79 Å². The molecule has 1 atom stereocenters. The summed E-state index contributed by atoms with van der Waals surface area (Å²) in [4.78, 5) is 11.9. The van der Waals surface area contributed by atoms with E-state index in [4.69, 9.17) is 5.73 Å². The van der Waals surface area contributed by atoms with Crippen LogP contribution in [0.15, 0.2) is 42.6 Å². The van der Waals surface area contributed by atoms with Crippen molar-refractivity contribution in [3.63, 3.8) is 0 Å². The molecule has 1 aromatic heterocycles. The van der Waals surface area contributed by atoms with Crippen LogP contribution in [0.5, 0.6) is 0 Å². The smallest absolute Gasteiger partial charge is 0.241 e. The Balaban J connectivity index is 1.81. The molecule has 19 heavy (non-hydrogen) atoms. The van der Waals surface area contributed by atoms with Crippen LogP contribution in [0.4, 0.5) is 0 Å². The molecule has 2 rings (SSSR count). The van der Waals surface area contributed by atoms with E-state index in [1.807, 2.05) is 49.6 Å². The van der Waals surface area contributed by atoms with Crippen molar-refractivity contribution in [2.24, 2.45) is 12.8 Å². The maximum atomic E-state index is 11.9. The van der Waals surface area contributed by atoms with Gasteiger partial charge in [-0.1, -0.05) is 30.3 Å². The lowest BCUT2D eigenvalue weighted by molar-refractivity contribution is -0.122. The van der Waals surface area contributed by atoms with Gasteiger partial charge in [0, 0.05) is 26.2 Å². The maximum absolute atomic E-state index is 11.9. The van der Waals surface area contributed by atoms with Gasteiger partial charge in [-0.3, -0.25) is 9.48 Å². The molecule has 5 heteroatoms. The van der Waals surface area contributed by atoms with E-state index in [-0.39, 0.29) is 5.91 Å². The van der Waals surface area contributed by atoms with Crippen LogP contribution in [0.1, 0.15) is 17.3 Å². The van der Waals surface area contributed by atoms with Gasteiger partial charge >= 0.3 is 0 Å². The first kappa shape index (κ1) is 13.3. The maximum Gasteiger partial charge on any atom is 0.241 e. The quantitative estimate of drug-likeness (QED) is 0.832. The second-order valence-corrected chi connectivity index (χ2v) is 4.41.